The standard InChI is InChI=1S/C14H12N4O5S/c1-9-15-8-12(18(21)22)16(9)4-5-17-13(19)11(24-14(17)20)7-10-3-2-6-23-10/h2-3,6-8H,4-5H2,1H3/b11-7-. The van der Waals surface area contributed by atoms with Gasteiger partial charge < -0.3 is 14.5 Å². The van der Waals surface area contributed by atoms with Crippen molar-refractivity contribution in [1.29, 1.82) is 0 Å². The molecule has 2 aromatic heterocycles. The second-order valence-corrected chi connectivity index (χ2v) is 5.91. The van der Waals surface area contributed by atoms with Gasteiger partial charge in [0.05, 0.1) is 17.7 Å². The highest BCUT2D eigenvalue weighted by Crippen LogP contribution is 2.32. The molecule has 10 heteroatoms. The van der Waals surface area contributed by atoms with Gasteiger partial charge in [0.15, 0.2) is 5.82 Å². The average molecular weight is 348 g/mol. The van der Waals surface area contributed by atoms with E-state index < -0.39 is 16.1 Å². The molecule has 124 valence electrons. The minimum Gasteiger partial charge on any atom is -0.465 e. The van der Waals surface area contributed by atoms with Crippen molar-refractivity contribution in [3.63, 3.8) is 0 Å². The first kappa shape index (κ1) is 16.0. The Hall–Kier alpha value is -2.88. The Balaban J connectivity index is 1.74. The maximum absolute atomic E-state index is 12.3. The van der Waals surface area contributed by atoms with Crippen LogP contribution in [0.5, 0.6) is 0 Å². The lowest BCUT2D eigenvalue weighted by molar-refractivity contribution is -0.392. The van der Waals surface area contributed by atoms with Crippen molar-refractivity contribution >= 4 is 34.8 Å². The number of aromatic nitrogens is 2. The molecule has 2 aromatic rings. The van der Waals surface area contributed by atoms with Gasteiger partial charge in [-0.05, 0) is 28.8 Å². The molecule has 0 radical (unpaired) electrons. The molecule has 1 aliphatic rings. The van der Waals surface area contributed by atoms with E-state index in [0.29, 0.717) is 11.6 Å². The monoisotopic (exact) mass is 348 g/mol. The van der Waals surface area contributed by atoms with Gasteiger partial charge in [0.1, 0.15) is 18.5 Å². The number of nitro groups is 1. The molecular formula is C14H12N4O5S. The highest BCUT2D eigenvalue weighted by molar-refractivity contribution is 8.18. The number of hydrogen-bond donors (Lipinski definition) is 0. The SMILES string of the molecule is Cc1ncc([N+](=O)[O-])n1CCN1C(=O)S/C(=C\c2ccco2)C1=O. The number of nitrogens with zero attached hydrogens (tertiary/aromatic N) is 4. The average Bonchev–Trinajstić information content (AvgIpc) is 3.21. The van der Waals surface area contributed by atoms with Crippen molar-refractivity contribution in [3.8, 4) is 0 Å². The van der Waals surface area contributed by atoms with E-state index in [1.54, 1.807) is 19.1 Å². The second-order valence-electron chi connectivity index (χ2n) is 4.92. The van der Waals surface area contributed by atoms with Crippen LogP contribution in [0.15, 0.2) is 33.9 Å². The number of furan rings is 1. The molecular weight excluding hydrogens is 336 g/mol. The third kappa shape index (κ3) is 2.95. The molecule has 0 unspecified atom stereocenters. The number of hydrogen-bond acceptors (Lipinski definition) is 7. The summed E-state index contributed by atoms with van der Waals surface area (Å²) < 4.78 is 6.49. The topological polar surface area (TPSA) is 111 Å². The molecule has 1 aliphatic heterocycles. The Labute approximate surface area is 140 Å². The third-order valence-corrected chi connectivity index (χ3v) is 4.37. The minimum atomic E-state index is -0.551. The largest absolute Gasteiger partial charge is 0.465 e. The van der Waals surface area contributed by atoms with Crippen molar-refractivity contribution in [1.82, 2.24) is 14.5 Å². The van der Waals surface area contributed by atoms with E-state index in [2.05, 4.69) is 4.98 Å². The van der Waals surface area contributed by atoms with E-state index in [1.165, 1.54) is 16.9 Å². The number of carbonyl (C=O) groups excluding carboxylic acids is 2. The fourth-order valence-corrected chi connectivity index (χ4v) is 3.12. The van der Waals surface area contributed by atoms with Crippen LogP contribution in [0.4, 0.5) is 10.6 Å². The number of aryl methyl sites for hydroxylation is 1. The van der Waals surface area contributed by atoms with Crippen molar-refractivity contribution in [2.45, 2.75) is 13.5 Å². The summed E-state index contributed by atoms with van der Waals surface area (Å²) in [6, 6.07) is 3.35. The summed E-state index contributed by atoms with van der Waals surface area (Å²) in [5.41, 5.74) is 0. The molecule has 0 spiro atoms. The van der Waals surface area contributed by atoms with Gasteiger partial charge in [0.2, 0.25) is 0 Å². The molecule has 0 aromatic carbocycles. The van der Waals surface area contributed by atoms with Crippen molar-refractivity contribution in [2.75, 3.05) is 6.54 Å². The number of imide groups is 1. The third-order valence-electron chi connectivity index (χ3n) is 3.46. The summed E-state index contributed by atoms with van der Waals surface area (Å²) in [6.45, 7) is 1.75. The van der Waals surface area contributed by atoms with E-state index in [9.17, 15) is 19.7 Å². The molecule has 24 heavy (non-hydrogen) atoms. The summed E-state index contributed by atoms with van der Waals surface area (Å²) in [4.78, 5) is 40.0. The van der Waals surface area contributed by atoms with Crippen LogP contribution in [0.2, 0.25) is 0 Å². The summed E-state index contributed by atoms with van der Waals surface area (Å²) in [7, 11) is 0. The molecule has 3 heterocycles. The zero-order chi connectivity index (χ0) is 17.3. The van der Waals surface area contributed by atoms with E-state index in [1.807, 2.05) is 0 Å². The number of carbonyl (C=O) groups is 2. The fraction of sp³-hybridized carbons (Fsp3) is 0.214. The molecule has 0 aliphatic carbocycles. The lowest BCUT2D eigenvalue weighted by Crippen LogP contribution is -2.31. The van der Waals surface area contributed by atoms with E-state index in [4.69, 9.17) is 4.42 Å². The Morgan fingerprint density at radius 3 is 2.88 bits per heavy atom. The van der Waals surface area contributed by atoms with Crippen molar-refractivity contribution in [3.05, 3.63) is 51.2 Å². The predicted octanol–water partition coefficient (Wildman–Crippen LogP) is 2.43. The fourth-order valence-electron chi connectivity index (χ4n) is 2.27. The molecule has 0 bridgehead atoms. The normalized spacial score (nSPS) is 16.4. The summed E-state index contributed by atoms with van der Waals surface area (Å²) >= 11 is 0.812. The number of amides is 2. The van der Waals surface area contributed by atoms with E-state index in [-0.39, 0.29) is 23.8 Å². The highest BCUT2D eigenvalue weighted by atomic mass is 32.2. The first-order valence-corrected chi connectivity index (χ1v) is 7.74. The molecule has 2 amide bonds. The van der Waals surface area contributed by atoms with Crippen molar-refractivity contribution < 1.29 is 18.9 Å². The van der Waals surface area contributed by atoms with Gasteiger partial charge in [0.25, 0.3) is 11.1 Å². The van der Waals surface area contributed by atoms with Gasteiger partial charge in [0, 0.05) is 13.0 Å². The van der Waals surface area contributed by atoms with Crippen LogP contribution in [0.3, 0.4) is 0 Å². The van der Waals surface area contributed by atoms with Gasteiger partial charge in [-0.25, -0.2) is 9.55 Å². The van der Waals surface area contributed by atoms with Gasteiger partial charge in [-0.1, -0.05) is 0 Å². The molecule has 0 atom stereocenters. The molecule has 0 N–H and O–H groups in total. The van der Waals surface area contributed by atoms with Crippen LogP contribution in [-0.4, -0.2) is 37.1 Å². The Kier molecular flexibility index (Phi) is 4.21. The summed E-state index contributed by atoms with van der Waals surface area (Å²) in [6.07, 6.45) is 4.12. The zero-order valence-corrected chi connectivity index (χ0v) is 13.4. The number of imidazole rings is 1. The smallest absolute Gasteiger partial charge is 0.342 e. The Morgan fingerprint density at radius 2 is 2.21 bits per heavy atom. The van der Waals surface area contributed by atoms with Crippen LogP contribution in [0.1, 0.15) is 11.6 Å². The van der Waals surface area contributed by atoms with Gasteiger partial charge in [-0.2, -0.15) is 0 Å². The molecule has 3 rings (SSSR count). The quantitative estimate of drug-likeness (QED) is 0.463. The summed E-state index contributed by atoms with van der Waals surface area (Å²) in [5.74, 6) is 0.300. The minimum absolute atomic E-state index is 0.0260. The van der Waals surface area contributed by atoms with Crippen LogP contribution in [0.25, 0.3) is 6.08 Å². The maximum Gasteiger partial charge on any atom is 0.342 e. The number of rotatable bonds is 5. The van der Waals surface area contributed by atoms with Gasteiger partial charge in [-0.3, -0.25) is 14.5 Å². The molecule has 1 fully saturated rings. The van der Waals surface area contributed by atoms with E-state index in [0.717, 1.165) is 22.9 Å². The van der Waals surface area contributed by atoms with Crippen molar-refractivity contribution in [2.24, 2.45) is 0 Å². The Morgan fingerprint density at radius 1 is 1.42 bits per heavy atom. The first-order chi connectivity index (χ1) is 11.5. The first-order valence-electron chi connectivity index (χ1n) is 6.93. The second kappa shape index (κ2) is 6.32. The van der Waals surface area contributed by atoms with Gasteiger partial charge >= 0.3 is 5.82 Å². The predicted molar refractivity (Wildman–Crippen MR) is 85.0 cm³/mol. The molecule has 9 nitrogen and oxygen atoms in total. The van der Waals surface area contributed by atoms with E-state index >= 15 is 0 Å². The van der Waals surface area contributed by atoms with Crippen LogP contribution in [-0.2, 0) is 11.3 Å². The lowest BCUT2D eigenvalue weighted by Gasteiger charge is -2.11. The molecule has 1 saturated heterocycles. The zero-order valence-electron chi connectivity index (χ0n) is 12.5. The highest BCUT2D eigenvalue weighted by Gasteiger charge is 2.35. The lowest BCUT2D eigenvalue weighted by atomic mass is 10.3. The Bertz CT molecular complexity index is 839. The van der Waals surface area contributed by atoms with Gasteiger partial charge in [-0.15, -0.1) is 0 Å². The summed E-state index contributed by atoms with van der Waals surface area (Å²) in [5, 5.41) is 10.5. The van der Waals surface area contributed by atoms with Crippen LogP contribution < -0.4 is 0 Å². The number of thioether (sulfide) groups is 1. The van der Waals surface area contributed by atoms with Crippen LogP contribution in [0, 0.1) is 17.0 Å². The van der Waals surface area contributed by atoms with Crippen LogP contribution >= 0.6 is 11.8 Å². The molecule has 0 saturated carbocycles. The maximum atomic E-state index is 12.3.